The van der Waals surface area contributed by atoms with Gasteiger partial charge in [-0.1, -0.05) is 35.5 Å². The van der Waals surface area contributed by atoms with Crippen molar-refractivity contribution in [2.24, 2.45) is 0 Å². The van der Waals surface area contributed by atoms with Crippen molar-refractivity contribution in [3.63, 3.8) is 0 Å². The molecule has 3 aromatic heterocycles. The normalized spacial score (nSPS) is 11.7. The maximum Gasteiger partial charge on any atom is 0.337 e. The molecule has 0 bridgehead atoms. The third-order valence-electron chi connectivity index (χ3n) is 4.86. The first-order chi connectivity index (χ1) is 16.0. The van der Waals surface area contributed by atoms with Crippen molar-refractivity contribution in [3.8, 4) is 5.69 Å². The largest absolute Gasteiger partial charge is 0.478 e. The molecule has 0 saturated heterocycles. The fraction of sp³-hybridized carbons (Fsp3) is 0.130. The molecule has 9 nitrogen and oxygen atoms in total. The number of pyridine rings is 2. The maximum atomic E-state index is 13.5. The first-order valence-electron chi connectivity index (χ1n) is 10.0. The number of carboxylic acid groups (broad SMARTS) is 1. The number of nitrogens with zero attached hydrogens (tertiary/aromatic N) is 5. The number of amides is 1. The average Bonchev–Trinajstić information content (AvgIpc) is 3.28. The Morgan fingerprint density at radius 1 is 1.00 bits per heavy atom. The molecule has 1 unspecified atom stereocenters. The molecule has 0 aliphatic carbocycles. The Balaban J connectivity index is 1.54. The quantitative estimate of drug-likeness (QED) is 0.426. The summed E-state index contributed by atoms with van der Waals surface area (Å²) in [6.45, 7) is 0. The number of aromatic carboxylic acids is 1. The van der Waals surface area contributed by atoms with Gasteiger partial charge in [-0.05, 0) is 24.1 Å². The Hall–Kier alpha value is -4.47. The van der Waals surface area contributed by atoms with E-state index in [-0.39, 0.29) is 17.2 Å². The third-order valence-corrected chi connectivity index (χ3v) is 4.86. The van der Waals surface area contributed by atoms with E-state index in [2.05, 4.69) is 25.6 Å². The number of aromatic nitrogens is 5. The van der Waals surface area contributed by atoms with Crippen LogP contribution in [0.4, 0.5) is 4.39 Å². The van der Waals surface area contributed by atoms with E-state index in [1.54, 1.807) is 6.20 Å². The molecule has 2 N–H and O–H groups in total. The Kier molecular flexibility index (Phi) is 6.44. The van der Waals surface area contributed by atoms with Gasteiger partial charge in [0.25, 0.3) is 5.91 Å². The van der Waals surface area contributed by atoms with Crippen molar-refractivity contribution in [1.82, 2.24) is 30.3 Å². The molecule has 0 aliphatic rings. The number of nitrogens with one attached hydrogen (secondary N) is 1. The molecule has 1 atom stereocenters. The second-order valence-corrected chi connectivity index (χ2v) is 7.35. The Bertz CT molecular complexity index is 1280. The van der Waals surface area contributed by atoms with Crippen molar-refractivity contribution in [3.05, 3.63) is 102 Å². The smallest absolute Gasteiger partial charge is 0.337 e. The highest BCUT2D eigenvalue weighted by Crippen LogP contribution is 2.12. The van der Waals surface area contributed by atoms with Gasteiger partial charge < -0.3 is 10.4 Å². The van der Waals surface area contributed by atoms with Crippen molar-refractivity contribution in [2.75, 3.05) is 0 Å². The molecular formula is C23H19FN6O3. The van der Waals surface area contributed by atoms with Gasteiger partial charge in [0.2, 0.25) is 0 Å². The van der Waals surface area contributed by atoms with Gasteiger partial charge in [0.1, 0.15) is 5.82 Å². The number of carbonyl (C=O) groups excluding carboxylic acids is 1. The fourth-order valence-corrected chi connectivity index (χ4v) is 3.32. The van der Waals surface area contributed by atoms with Crippen LogP contribution in [0.15, 0.2) is 73.4 Å². The zero-order valence-corrected chi connectivity index (χ0v) is 17.3. The van der Waals surface area contributed by atoms with Crippen LogP contribution in [0.3, 0.4) is 0 Å². The Morgan fingerprint density at radius 2 is 1.76 bits per heavy atom. The van der Waals surface area contributed by atoms with E-state index in [1.807, 2.05) is 30.3 Å². The standard InChI is InChI=1S/C23H19FN6O3/c24-18-7-16(10-25-12-18)22(31)27-19(6-15-4-2-1-3-5-15)9-20-14-30(29-28-20)21-8-17(23(32)33)11-26-13-21/h1-5,7-8,10-14,19H,6,9H2,(H,27,31)(H,32,33). The second kappa shape index (κ2) is 9.77. The average molecular weight is 446 g/mol. The topological polar surface area (TPSA) is 123 Å². The minimum Gasteiger partial charge on any atom is -0.478 e. The van der Waals surface area contributed by atoms with Crippen molar-refractivity contribution in [1.29, 1.82) is 0 Å². The van der Waals surface area contributed by atoms with Crippen LogP contribution in [0.5, 0.6) is 0 Å². The molecule has 0 fully saturated rings. The van der Waals surface area contributed by atoms with Crippen LogP contribution >= 0.6 is 0 Å². The van der Waals surface area contributed by atoms with Crippen molar-refractivity contribution >= 4 is 11.9 Å². The number of rotatable bonds is 8. The van der Waals surface area contributed by atoms with Crippen molar-refractivity contribution in [2.45, 2.75) is 18.9 Å². The highest BCUT2D eigenvalue weighted by atomic mass is 19.1. The van der Waals surface area contributed by atoms with Crippen LogP contribution in [-0.4, -0.2) is 48.0 Å². The zero-order chi connectivity index (χ0) is 23.2. The number of benzene rings is 1. The number of carboxylic acids is 1. The van der Waals surface area contributed by atoms with Crippen LogP contribution in [0.25, 0.3) is 5.69 Å². The first-order valence-corrected chi connectivity index (χ1v) is 10.0. The van der Waals surface area contributed by atoms with Crippen LogP contribution in [0, 0.1) is 5.82 Å². The number of carbonyl (C=O) groups is 2. The molecule has 166 valence electrons. The molecule has 0 radical (unpaired) electrons. The summed E-state index contributed by atoms with van der Waals surface area (Å²) in [5, 5.41) is 20.3. The Morgan fingerprint density at radius 3 is 2.52 bits per heavy atom. The van der Waals surface area contributed by atoms with E-state index >= 15 is 0 Å². The molecule has 0 spiro atoms. The van der Waals surface area contributed by atoms with Gasteiger partial charge in [-0.25, -0.2) is 13.9 Å². The first kappa shape index (κ1) is 21.8. The molecule has 0 aliphatic heterocycles. The van der Waals surface area contributed by atoms with E-state index in [0.29, 0.717) is 24.2 Å². The zero-order valence-electron chi connectivity index (χ0n) is 17.3. The molecule has 10 heteroatoms. The fourth-order valence-electron chi connectivity index (χ4n) is 3.32. The van der Waals surface area contributed by atoms with Crippen LogP contribution in [0.2, 0.25) is 0 Å². The summed E-state index contributed by atoms with van der Waals surface area (Å²) in [4.78, 5) is 31.5. The predicted molar refractivity (Wildman–Crippen MR) is 115 cm³/mol. The highest BCUT2D eigenvalue weighted by Gasteiger charge is 2.18. The van der Waals surface area contributed by atoms with Crippen molar-refractivity contribution < 1.29 is 19.1 Å². The van der Waals surface area contributed by atoms with Crippen LogP contribution in [0.1, 0.15) is 32.0 Å². The predicted octanol–water partition coefficient (Wildman–Crippen LogP) is 2.48. The monoisotopic (exact) mass is 446 g/mol. The molecule has 4 aromatic rings. The summed E-state index contributed by atoms with van der Waals surface area (Å²) < 4.78 is 14.9. The van der Waals surface area contributed by atoms with Gasteiger partial charge in [-0.15, -0.1) is 5.10 Å². The molecule has 4 rings (SSSR count). The molecule has 1 aromatic carbocycles. The third kappa shape index (κ3) is 5.62. The van der Waals surface area contributed by atoms with E-state index in [9.17, 15) is 14.0 Å². The van der Waals surface area contributed by atoms with Gasteiger partial charge in [0.15, 0.2) is 0 Å². The van der Waals surface area contributed by atoms with E-state index in [4.69, 9.17) is 5.11 Å². The number of hydrogen-bond acceptors (Lipinski definition) is 6. The molecule has 33 heavy (non-hydrogen) atoms. The summed E-state index contributed by atoms with van der Waals surface area (Å²) >= 11 is 0. The number of hydrogen-bond donors (Lipinski definition) is 2. The SMILES string of the molecule is O=C(O)c1cncc(-n2cc(CC(Cc3ccccc3)NC(=O)c3cncc(F)c3)nn2)c1. The molecule has 0 saturated carbocycles. The minimum atomic E-state index is -1.10. The van der Waals surface area contributed by atoms with E-state index < -0.39 is 17.7 Å². The summed E-state index contributed by atoms with van der Waals surface area (Å²) in [5.41, 5.74) is 2.18. The molecular weight excluding hydrogens is 427 g/mol. The summed E-state index contributed by atoms with van der Waals surface area (Å²) in [5.74, 6) is -2.14. The van der Waals surface area contributed by atoms with Gasteiger partial charge in [-0.2, -0.15) is 0 Å². The van der Waals surface area contributed by atoms with Gasteiger partial charge in [0.05, 0.1) is 41.1 Å². The highest BCUT2D eigenvalue weighted by molar-refractivity contribution is 5.94. The number of halogens is 1. The summed E-state index contributed by atoms with van der Waals surface area (Å²) in [6.07, 6.45) is 7.56. The Labute approximate surface area is 187 Å². The lowest BCUT2D eigenvalue weighted by atomic mass is 10.0. The maximum absolute atomic E-state index is 13.5. The van der Waals surface area contributed by atoms with Gasteiger partial charge in [0, 0.05) is 24.9 Å². The van der Waals surface area contributed by atoms with Crippen LogP contribution < -0.4 is 5.32 Å². The van der Waals surface area contributed by atoms with Gasteiger partial charge >= 0.3 is 5.97 Å². The summed E-state index contributed by atoms with van der Waals surface area (Å²) in [7, 11) is 0. The summed E-state index contributed by atoms with van der Waals surface area (Å²) in [6, 6.07) is 11.8. The minimum absolute atomic E-state index is 0.0301. The van der Waals surface area contributed by atoms with E-state index in [1.165, 1.54) is 29.3 Å². The van der Waals surface area contributed by atoms with Crippen LogP contribution in [-0.2, 0) is 12.8 Å². The lowest BCUT2D eigenvalue weighted by Crippen LogP contribution is -2.38. The molecule has 1 amide bonds. The lowest BCUT2D eigenvalue weighted by molar-refractivity contribution is 0.0696. The van der Waals surface area contributed by atoms with Gasteiger partial charge in [-0.3, -0.25) is 14.8 Å². The van der Waals surface area contributed by atoms with E-state index in [0.717, 1.165) is 17.8 Å². The second-order valence-electron chi connectivity index (χ2n) is 7.35. The lowest BCUT2D eigenvalue weighted by Gasteiger charge is -2.18. The molecule has 3 heterocycles.